The van der Waals surface area contributed by atoms with Crippen LogP contribution in [0.2, 0.25) is 0 Å². The van der Waals surface area contributed by atoms with E-state index in [9.17, 15) is 9.59 Å². The zero-order valence-electron chi connectivity index (χ0n) is 11.5. The van der Waals surface area contributed by atoms with Gasteiger partial charge in [-0.05, 0) is 31.1 Å². The van der Waals surface area contributed by atoms with Gasteiger partial charge in [0, 0.05) is 0 Å². The van der Waals surface area contributed by atoms with Gasteiger partial charge in [-0.2, -0.15) is 0 Å². The number of amides is 2. The van der Waals surface area contributed by atoms with Crippen LogP contribution in [0.1, 0.15) is 12.5 Å². The third-order valence-corrected chi connectivity index (χ3v) is 3.47. The molecule has 2 N–H and O–H groups in total. The van der Waals surface area contributed by atoms with Crippen LogP contribution in [-0.2, 0) is 16.0 Å². The van der Waals surface area contributed by atoms with E-state index in [2.05, 4.69) is 17.2 Å². The minimum Gasteiger partial charge on any atom is -0.302 e. The number of benzene rings is 1. The number of hydrogen-bond acceptors (Lipinski definition) is 3. The van der Waals surface area contributed by atoms with Gasteiger partial charge >= 0.3 is 29.6 Å². The normalized spacial score (nSPS) is 16.8. The van der Waals surface area contributed by atoms with E-state index >= 15 is 0 Å². The Hall–Kier alpha value is -1.01. The Labute approximate surface area is 145 Å². The molecular formula is C14H14N2NaO2S+. The van der Waals surface area contributed by atoms with Gasteiger partial charge in [0.15, 0.2) is 10.5 Å². The van der Waals surface area contributed by atoms with Crippen LogP contribution in [0.3, 0.4) is 0 Å². The second-order valence-corrected chi connectivity index (χ2v) is 4.99. The molecule has 20 heavy (non-hydrogen) atoms. The maximum absolute atomic E-state index is 12.3. The van der Waals surface area contributed by atoms with Crippen molar-refractivity contribution >= 4 is 29.1 Å². The Morgan fingerprint density at radius 2 is 1.70 bits per heavy atom. The van der Waals surface area contributed by atoms with E-state index in [4.69, 9.17) is 12.2 Å². The zero-order chi connectivity index (χ0) is 14.0. The third-order valence-electron chi connectivity index (χ3n) is 3.27. The molecular weight excluding hydrogens is 283 g/mol. The van der Waals surface area contributed by atoms with Crippen LogP contribution in [0.25, 0.3) is 0 Å². The Kier molecular flexibility index (Phi) is 5.65. The molecule has 1 aliphatic heterocycles. The van der Waals surface area contributed by atoms with Gasteiger partial charge in [-0.3, -0.25) is 9.59 Å². The molecule has 0 bridgehead atoms. The number of carbonyl (C=O) groups is 2. The molecule has 0 unspecified atom stereocenters. The van der Waals surface area contributed by atoms with E-state index in [1.165, 1.54) is 0 Å². The topological polar surface area (TPSA) is 58.2 Å². The first-order chi connectivity index (χ1) is 8.96. The molecule has 1 aromatic carbocycles. The molecule has 1 fully saturated rings. The number of hydrogen-bond donors (Lipinski definition) is 2. The SMILES string of the molecule is C=C(C)C1(Cc2ccccc2)C(=O)NC(=S)NC1=O.[Na+]. The maximum Gasteiger partial charge on any atom is 1.00 e. The van der Waals surface area contributed by atoms with Gasteiger partial charge in [0.05, 0.1) is 0 Å². The fourth-order valence-corrected chi connectivity index (χ4v) is 2.34. The summed E-state index contributed by atoms with van der Waals surface area (Å²) in [7, 11) is 0. The van der Waals surface area contributed by atoms with Crippen LogP contribution in [0.4, 0.5) is 0 Å². The van der Waals surface area contributed by atoms with Crippen molar-refractivity contribution in [3.63, 3.8) is 0 Å². The Balaban J connectivity index is 0.00000200. The van der Waals surface area contributed by atoms with Crippen LogP contribution < -0.4 is 40.2 Å². The molecule has 4 nitrogen and oxygen atoms in total. The first-order valence-electron chi connectivity index (χ1n) is 5.83. The average Bonchev–Trinajstić information content (AvgIpc) is 2.34. The monoisotopic (exact) mass is 297 g/mol. The Bertz CT molecular complexity index is 552. The second-order valence-electron chi connectivity index (χ2n) is 4.59. The van der Waals surface area contributed by atoms with Crippen molar-refractivity contribution in [3.05, 3.63) is 48.0 Å². The molecule has 1 aliphatic rings. The summed E-state index contributed by atoms with van der Waals surface area (Å²) in [5.41, 5.74) is 0.0846. The Morgan fingerprint density at radius 3 is 2.15 bits per heavy atom. The molecule has 6 heteroatoms. The van der Waals surface area contributed by atoms with Crippen molar-refractivity contribution in [3.8, 4) is 0 Å². The third kappa shape index (κ3) is 3.01. The molecule has 0 saturated carbocycles. The molecule has 1 saturated heterocycles. The van der Waals surface area contributed by atoms with Gasteiger partial charge in [-0.25, -0.2) is 0 Å². The van der Waals surface area contributed by atoms with Gasteiger partial charge < -0.3 is 10.6 Å². The molecule has 1 aromatic rings. The van der Waals surface area contributed by atoms with Crippen LogP contribution in [-0.4, -0.2) is 16.9 Å². The quantitative estimate of drug-likeness (QED) is 0.303. The molecule has 0 aliphatic carbocycles. The summed E-state index contributed by atoms with van der Waals surface area (Å²) in [5.74, 6) is -0.838. The van der Waals surface area contributed by atoms with Crippen molar-refractivity contribution in [2.75, 3.05) is 0 Å². The maximum atomic E-state index is 12.3. The Morgan fingerprint density at radius 1 is 1.20 bits per heavy atom. The van der Waals surface area contributed by atoms with Crippen molar-refractivity contribution in [1.82, 2.24) is 10.6 Å². The molecule has 0 radical (unpaired) electrons. The van der Waals surface area contributed by atoms with Gasteiger partial charge in [0.25, 0.3) is 0 Å². The predicted octanol–water partition coefficient (Wildman–Crippen LogP) is -1.67. The van der Waals surface area contributed by atoms with E-state index in [1.54, 1.807) is 6.92 Å². The van der Waals surface area contributed by atoms with Gasteiger partial charge in [-0.1, -0.05) is 42.5 Å². The van der Waals surface area contributed by atoms with Crippen LogP contribution >= 0.6 is 12.2 Å². The molecule has 2 rings (SSSR count). The zero-order valence-corrected chi connectivity index (χ0v) is 14.3. The van der Waals surface area contributed by atoms with E-state index in [-0.39, 0.29) is 41.1 Å². The summed E-state index contributed by atoms with van der Waals surface area (Å²) in [5, 5.41) is 5.05. The summed E-state index contributed by atoms with van der Waals surface area (Å²) in [6.07, 6.45) is 0.267. The number of rotatable bonds is 3. The summed E-state index contributed by atoms with van der Waals surface area (Å²) < 4.78 is 0. The van der Waals surface area contributed by atoms with Crippen molar-refractivity contribution in [1.29, 1.82) is 0 Å². The molecule has 98 valence electrons. The van der Waals surface area contributed by atoms with E-state index in [1.807, 2.05) is 30.3 Å². The fourth-order valence-electron chi connectivity index (χ4n) is 2.16. The number of thiocarbonyl (C=S) groups is 1. The first-order valence-corrected chi connectivity index (χ1v) is 6.24. The van der Waals surface area contributed by atoms with Crippen LogP contribution in [0.15, 0.2) is 42.5 Å². The van der Waals surface area contributed by atoms with E-state index in [0.717, 1.165) is 5.56 Å². The van der Waals surface area contributed by atoms with Crippen molar-refractivity contribution in [2.45, 2.75) is 13.3 Å². The van der Waals surface area contributed by atoms with E-state index < -0.39 is 17.2 Å². The number of nitrogens with one attached hydrogen (secondary N) is 2. The number of carbonyl (C=O) groups excluding carboxylic acids is 2. The minimum atomic E-state index is -1.30. The second kappa shape index (κ2) is 6.63. The standard InChI is InChI=1S/C14H14N2O2S.Na/c1-9(2)14(8-10-6-4-3-5-7-10)11(17)15-13(19)16-12(14)18;/h3-7H,1,8H2,2H3,(H2,15,16,17,18,19);/q;+1. The van der Waals surface area contributed by atoms with Gasteiger partial charge in [0.1, 0.15) is 0 Å². The molecule has 0 atom stereocenters. The van der Waals surface area contributed by atoms with Crippen LogP contribution in [0.5, 0.6) is 0 Å². The molecule has 1 heterocycles. The average molecular weight is 297 g/mol. The summed E-state index contributed by atoms with van der Waals surface area (Å²) >= 11 is 4.82. The van der Waals surface area contributed by atoms with Crippen molar-refractivity contribution in [2.24, 2.45) is 5.41 Å². The summed E-state index contributed by atoms with van der Waals surface area (Å²) in [6, 6.07) is 9.36. The van der Waals surface area contributed by atoms with E-state index in [0.29, 0.717) is 5.57 Å². The summed E-state index contributed by atoms with van der Waals surface area (Å²) in [4.78, 5) is 24.5. The molecule has 0 spiro atoms. The van der Waals surface area contributed by atoms with Crippen LogP contribution in [0, 0.1) is 5.41 Å². The summed E-state index contributed by atoms with van der Waals surface area (Å²) in [6.45, 7) is 5.49. The fraction of sp³-hybridized carbons (Fsp3) is 0.214. The predicted molar refractivity (Wildman–Crippen MR) is 76.3 cm³/mol. The largest absolute Gasteiger partial charge is 1.00 e. The minimum absolute atomic E-state index is 0. The molecule has 2 amide bonds. The molecule has 0 aromatic heterocycles. The van der Waals surface area contributed by atoms with Gasteiger partial charge in [0.2, 0.25) is 11.8 Å². The van der Waals surface area contributed by atoms with Crippen molar-refractivity contribution < 1.29 is 39.1 Å². The first kappa shape index (κ1) is 17.0. The smallest absolute Gasteiger partial charge is 0.302 e. The van der Waals surface area contributed by atoms with Gasteiger partial charge in [-0.15, -0.1) is 0 Å².